The molecule has 1 aliphatic heterocycles. The first-order valence-corrected chi connectivity index (χ1v) is 9.41. The van der Waals surface area contributed by atoms with Crippen LogP contribution in [0.5, 0.6) is 0 Å². The van der Waals surface area contributed by atoms with Crippen molar-refractivity contribution in [2.24, 2.45) is 5.92 Å². The van der Waals surface area contributed by atoms with Crippen LogP contribution in [-0.4, -0.2) is 49.4 Å². The highest BCUT2D eigenvalue weighted by atomic mass is 32.2. The van der Waals surface area contributed by atoms with E-state index in [-0.39, 0.29) is 24.9 Å². The van der Waals surface area contributed by atoms with E-state index in [1.807, 2.05) is 36.4 Å². The predicted octanol–water partition coefficient (Wildman–Crippen LogP) is 1.21. The van der Waals surface area contributed by atoms with Crippen molar-refractivity contribution in [3.05, 3.63) is 35.9 Å². The maximum Gasteiger partial charge on any atom is 0.228 e. The van der Waals surface area contributed by atoms with Crippen LogP contribution in [0.25, 0.3) is 0 Å². The second-order valence-electron chi connectivity index (χ2n) is 5.80. The molecule has 1 aliphatic rings. The van der Waals surface area contributed by atoms with Gasteiger partial charge >= 0.3 is 0 Å². The number of benzene rings is 1. The van der Waals surface area contributed by atoms with Crippen molar-refractivity contribution in [1.29, 1.82) is 5.26 Å². The second-order valence-corrected chi connectivity index (χ2v) is 7.78. The minimum atomic E-state index is -3.29. The van der Waals surface area contributed by atoms with E-state index in [1.54, 1.807) is 0 Å². The number of nitrogens with zero attached hydrogens (tertiary/aromatic N) is 3. The van der Waals surface area contributed by atoms with Gasteiger partial charge in [0.1, 0.15) is 6.54 Å². The van der Waals surface area contributed by atoms with Crippen molar-refractivity contribution in [1.82, 2.24) is 9.21 Å². The van der Waals surface area contributed by atoms with Crippen LogP contribution < -0.4 is 0 Å². The van der Waals surface area contributed by atoms with Crippen LogP contribution in [-0.2, 0) is 21.4 Å². The molecule has 23 heavy (non-hydrogen) atoms. The highest BCUT2D eigenvalue weighted by Gasteiger charge is 2.32. The van der Waals surface area contributed by atoms with E-state index in [4.69, 9.17) is 5.26 Å². The standard InChI is InChI=1S/C16H21N3O3S/c1-23(21,22)19-10-5-8-15(13-19)16(20)18(11-9-17)12-14-6-3-2-4-7-14/h2-4,6-7,15H,5,8,10-13H2,1H3. The molecule has 0 saturated carbocycles. The maximum absolute atomic E-state index is 12.7. The molecule has 1 heterocycles. The minimum Gasteiger partial charge on any atom is -0.325 e. The Morgan fingerprint density at radius 1 is 1.39 bits per heavy atom. The molecular weight excluding hydrogens is 314 g/mol. The molecule has 1 amide bonds. The third kappa shape index (κ3) is 4.78. The molecule has 1 atom stereocenters. The Labute approximate surface area is 137 Å². The van der Waals surface area contributed by atoms with Gasteiger partial charge in [-0.25, -0.2) is 12.7 Å². The Balaban J connectivity index is 2.10. The largest absolute Gasteiger partial charge is 0.325 e. The van der Waals surface area contributed by atoms with Gasteiger partial charge in [0, 0.05) is 19.6 Å². The number of hydrogen-bond donors (Lipinski definition) is 0. The van der Waals surface area contributed by atoms with Crippen molar-refractivity contribution in [2.75, 3.05) is 25.9 Å². The number of nitriles is 1. The molecule has 2 rings (SSSR count). The molecule has 6 nitrogen and oxygen atoms in total. The van der Waals surface area contributed by atoms with E-state index in [9.17, 15) is 13.2 Å². The third-order valence-corrected chi connectivity index (χ3v) is 5.26. The van der Waals surface area contributed by atoms with Crippen LogP contribution in [0.2, 0.25) is 0 Å². The lowest BCUT2D eigenvalue weighted by atomic mass is 9.97. The summed E-state index contributed by atoms with van der Waals surface area (Å²) in [7, 11) is -3.29. The van der Waals surface area contributed by atoms with Crippen LogP contribution in [0.3, 0.4) is 0 Å². The van der Waals surface area contributed by atoms with Gasteiger partial charge in [0.2, 0.25) is 15.9 Å². The van der Waals surface area contributed by atoms with Crippen molar-refractivity contribution in [3.63, 3.8) is 0 Å². The van der Waals surface area contributed by atoms with Gasteiger partial charge in [-0.15, -0.1) is 0 Å². The van der Waals surface area contributed by atoms with Crippen molar-refractivity contribution < 1.29 is 13.2 Å². The van der Waals surface area contributed by atoms with Crippen LogP contribution in [0, 0.1) is 17.2 Å². The fraction of sp³-hybridized carbons (Fsp3) is 0.500. The molecule has 1 unspecified atom stereocenters. The summed E-state index contributed by atoms with van der Waals surface area (Å²) < 4.78 is 24.7. The lowest BCUT2D eigenvalue weighted by Crippen LogP contribution is -2.46. The van der Waals surface area contributed by atoms with Crippen LogP contribution in [0.4, 0.5) is 0 Å². The number of carbonyl (C=O) groups excluding carboxylic acids is 1. The molecule has 1 aromatic rings. The lowest BCUT2D eigenvalue weighted by Gasteiger charge is -2.33. The number of carbonyl (C=O) groups is 1. The molecular formula is C16H21N3O3S. The summed E-state index contributed by atoms with van der Waals surface area (Å²) in [4.78, 5) is 14.2. The number of piperidine rings is 1. The topological polar surface area (TPSA) is 81.5 Å². The van der Waals surface area contributed by atoms with E-state index in [0.29, 0.717) is 25.9 Å². The predicted molar refractivity (Wildman–Crippen MR) is 86.6 cm³/mol. The van der Waals surface area contributed by atoms with Gasteiger partial charge in [0.05, 0.1) is 18.2 Å². The highest BCUT2D eigenvalue weighted by Crippen LogP contribution is 2.21. The Bertz CT molecular complexity index is 682. The first kappa shape index (κ1) is 17.4. The van der Waals surface area contributed by atoms with Crippen LogP contribution >= 0.6 is 0 Å². The van der Waals surface area contributed by atoms with Crippen molar-refractivity contribution >= 4 is 15.9 Å². The molecule has 0 radical (unpaired) electrons. The van der Waals surface area contributed by atoms with Gasteiger partial charge in [0.25, 0.3) is 0 Å². The molecule has 1 aromatic carbocycles. The summed E-state index contributed by atoms with van der Waals surface area (Å²) in [5.41, 5.74) is 0.951. The molecule has 1 saturated heterocycles. The molecule has 7 heteroatoms. The summed E-state index contributed by atoms with van der Waals surface area (Å²) in [6.07, 6.45) is 2.48. The maximum atomic E-state index is 12.7. The van der Waals surface area contributed by atoms with E-state index in [2.05, 4.69) is 0 Å². The van der Waals surface area contributed by atoms with Crippen molar-refractivity contribution in [3.8, 4) is 6.07 Å². The van der Waals surface area contributed by atoms with Crippen LogP contribution in [0.1, 0.15) is 18.4 Å². The highest BCUT2D eigenvalue weighted by molar-refractivity contribution is 7.88. The minimum absolute atomic E-state index is 0.00308. The number of amides is 1. The van der Waals surface area contributed by atoms with Gasteiger partial charge in [-0.1, -0.05) is 30.3 Å². The third-order valence-electron chi connectivity index (χ3n) is 3.99. The van der Waals surface area contributed by atoms with Crippen LogP contribution in [0.15, 0.2) is 30.3 Å². The molecule has 0 aromatic heterocycles. The zero-order chi connectivity index (χ0) is 16.9. The zero-order valence-electron chi connectivity index (χ0n) is 13.2. The van der Waals surface area contributed by atoms with Gasteiger partial charge in [-0.3, -0.25) is 4.79 Å². The summed E-state index contributed by atoms with van der Waals surface area (Å²) >= 11 is 0. The SMILES string of the molecule is CS(=O)(=O)N1CCCC(C(=O)N(CC#N)Cc2ccccc2)C1. The first-order valence-electron chi connectivity index (χ1n) is 7.56. The molecule has 1 fully saturated rings. The first-order chi connectivity index (χ1) is 10.9. The summed E-state index contributed by atoms with van der Waals surface area (Å²) in [5, 5.41) is 8.99. The quantitative estimate of drug-likeness (QED) is 0.758. The number of sulfonamides is 1. The summed E-state index contributed by atoms with van der Waals surface area (Å²) in [5.74, 6) is -0.528. The smallest absolute Gasteiger partial charge is 0.228 e. The Morgan fingerprint density at radius 3 is 2.70 bits per heavy atom. The van der Waals surface area contributed by atoms with E-state index < -0.39 is 10.0 Å². The monoisotopic (exact) mass is 335 g/mol. The molecule has 124 valence electrons. The summed E-state index contributed by atoms with van der Waals surface area (Å²) in [6.45, 7) is 1.03. The fourth-order valence-electron chi connectivity index (χ4n) is 2.80. The van der Waals surface area contributed by atoms with Crippen molar-refractivity contribution in [2.45, 2.75) is 19.4 Å². The molecule has 0 aliphatic carbocycles. The molecule has 0 N–H and O–H groups in total. The average molecular weight is 335 g/mol. The normalized spacial score (nSPS) is 19.0. The Morgan fingerprint density at radius 2 is 2.09 bits per heavy atom. The number of hydrogen-bond acceptors (Lipinski definition) is 4. The zero-order valence-corrected chi connectivity index (χ0v) is 14.0. The summed E-state index contributed by atoms with van der Waals surface area (Å²) in [6, 6.07) is 11.5. The fourth-order valence-corrected chi connectivity index (χ4v) is 3.72. The number of rotatable bonds is 5. The van der Waals surface area contributed by atoms with E-state index >= 15 is 0 Å². The second kappa shape index (κ2) is 7.57. The Hall–Kier alpha value is -1.91. The molecule has 0 bridgehead atoms. The van der Waals surface area contributed by atoms with Gasteiger partial charge in [-0.2, -0.15) is 5.26 Å². The average Bonchev–Trinajstić information content (AvgIpc) is 2.54. The van der Waals surface area contributed by atoms with E-state index in [1.165, 1.54) is 9.21 Å². The lowest BCUT2D eigenvalue weighted by molar-refractivity contribution is -0.136. The van der Waals surface area contributed by atoms with E-state index in [0.717, 1.165) is 11.8 Å². The van der Waals surface area contributed by atoms with Gasteiger partial charge in [0.15, 0.2) is 0 Å². The Kier molecular flexibility index (Phi) is 5.74. The van der Waals surface area contributed by atoms with Gasteiger partial charge in [-0.05, 0) is 18.4 Å². The molecule has 0 spiro atoms. The van der Waals surface area contributed by atoms with Gasteiger partial charge < -0.3 is 4.90 Å².